The first-order chi connectivity index (χ1) is 18.2. The van der Waals surface area contributed by atoms with Crippen LogP contribution in [0.1, 0.15) is 32.3 Å². The molecule has 1 saturated heterocycles. The van der Waals surface area contributed by atoms with E-state index >= 15 is 0 Å². The van der Waals surface area contributed by atoms with Crippen molar-refractivity contribution in [2.24, 2.45) is 5.92 Å². The van der Waals surface area contributed by atoms with Gasteiger partial charge in [0.1, 0.15) is 13.2 Å². The second-order valence-corrected chi connectivity index (χ2v) is 10.2. The number of hydrogen-bond donors (Lipinski definition) is 1. The first kappa shape index (κ1) is 25.5. The molecule has 2 aromatic carbocycles. The number of fused-ring (bicyclic) bond motifs is 1. The van der Waals surface area contributed by atoms with E-state index in [4.69, 9.17) is 9.47 Å². The van der Waals surface area contributed by atoms with Crippen LogP contribution in [0, 0.1) is 5.92 Å². The molecule has 7 nitrogen and oxygen atoms in total. The Morgan fingerprint density at radius 3 is 2.54 bits per heavy atom. The van der Waals surface area contributed by atoms with Gasteiger partial charge in [-0.1, -0.05) is 43.3 Å². The van der Waals surface area contributed by atoms with E-state index in [0.29, 0.717) is 19.8 Å². The number of carbonyl (C=O) groups is 1. The summed E-state index contributed by atoms with van der Waals surface area (Å²) in [4.78, 5) is 20.4. The van der Waals surface area contributed by atoms with E-state index in [1.807, 2.05) is 18.2 Å². The molecule has 2 atom stereocenters. The predicted molar refractivity (Wildman–Crippen MR) is 148 cm³/mol. The highest BCUT2D eigenvalue weighted by Gasteiger charge is 2.35. The van der Waals surface area contributed by atoms with Crippen LogP contribution in [0.2, 0.25) is 0 Å². The quantitative estimate of drug-likeness (QED) is 0.524. The fourth-order valence-electron chi connectivity index (χ4n) is 5.70. The molecule has 0 aliphatic carbocycles. The van der Waals surface area contributed by atoms with Crippen molar-refractivity contribution >= 4 is 17.3 Å². The molecule has 0 saturated carbocycles. The summed E-state index contributed by atoms with van der Waals surface area (Å²) < 4.78 is 11.7. The summed E-state index contributed by atoms with van der Waals surface area (Å²) in [6.07, 6.45) is 4.18. The summed E-state index contributed by atoms with van der Waals surface area (Å²) in [5, 5.41) is 3.22. The smallest absolute Gasteiger partial charge is 0.229 e. The van der Waals surface area contributed by atoms with Crippen LogP contribution in [-0.4, -0.2) is 80.8 Å². The molecule has 2 unspecified atom stereocenters. The van der Waals surface area contributed by atoms with Gasteiger partial charge < -0.3 is 24.6 Å². The lowest BCUT2D eigenvalue weighted by atomic mass is 10.0. The molecule has 1 fully saturated rings. The number of carbonyl (C=O) groups excluding carboxylic acids is 1. The van der Waals surface area contributed by atoms with Crippen molar-refractivity contribution in [1.29, 1.82) is 0 Å². The highest BCUT2D eigenvalue weighted by molar-refractivity contribution is 5.85. The number of hydrogen-bond acceptors (Lipinski definition) is 6. The molecular formula is C30H40N4O3. The number of amides is 1. The summed E-state index contributed by atoms with van der Waals surface area (Å²) in [7, 11) is 0. The summed E-state index contributed by atoms with van der Waals surface area (Å²) in [5.74, 6) is 1.75. The normalized spacial score (nSPS) is 21.6. The van der Waals surface area contributed by atoms with E-state index in [1.165, 1.54) is 11.3 Å². The van der Waals surface area contributed by atoms with Crippen molar-refractivity contribution < 1.29 is 14.3 Å². The lowest BCUT2D eigenvalue weighted by Gasteiger charge is -2.37. The Labute approximate surface area is 221 Å². The second-order valence-electron chi connectivity index (χ2n) is 10.2. The number of benzene rings is 2. The standard InChI is InChI=1S/C30H40N4O3/c1-3-14-34-23(2)25(22-27(34)24-9-5-4-6-10-24)30(35)31-13-8-15-32-16-18-33(19-17-32)26-11-7-12-28-29(26)37-21-20-36-28/h4-7,9-12,22-23,25H,3,8,13-21H2,1-2H3,(H,31,35). The van der Waals surface area contributed by atoms with Crippen LogP contribution in [-0.2, 0) is 4.79 Å². The molecule has 1 amide bonds. The fraction of sp³-hybridized carbons (Fsp3) is 0.500. The van der Waals surface area contributed by atoms with Gasteiger partial charge in [-0.2, -0.15) is 0 Å². The van der Waals surface area contributed by atoms with Crippen molar-refractivity contribution in [2.45, 2.75) is 32.7 Å². The number of piperazine rings is 1. The van der Waals surface area contributed by atoms with Gasteiger partial charge in [-0.3, -0.25) is 9.69 Å². The van der Waals surface area contributed by atoms with Crippen molar-refractivity contribution in [2.75, 3.05) is 63.9 Å². The van der Waals surface area contributed by atoms with Gasteiger partial charge in [0.25, 0.3) is 0 Å². The second kappa shape index (κ2) is 11.9. The topological polar surface area (TPSA) is 57.3 Å². The molecule has 1 N–H and O–H groups in total. The zero-order valence-corrected chi connectivity index (χ0v) is 22.2. The van der Waals surface area contributed by atoms with Gasteiger partial charge >= 0.3 is 0 Å². The van der Waals surface area contributed by atoms with E-state index in [-0.39, 0.29) is 17.9 Å². The Morgan fingerprint density at radius 2 is 1.76 bits per heavy atom. The minimum absolute atomic E-state index is 0.117. The zero-order chi connectivity index (χ0) is 25.6. The number of rotatable bonds is 9. The Kier molecular flexibility index (Phi) is 8.19. The maximum atomic E-state index is 13.1. The van der Waals surface area contributed by atoms with Gasteiger partial charge in [0, 0.05) is 51.0 Å². The Morgan fingerprint density at radius 1 is 0.973 bits per heavy atom. The van der Waals surface area contributed by atoms with Crippen LogP contribution in [0.15, 0.2) is 54.6 Å². The lowest BCUT2D eigenvalue weighted by molar-refractivity contribution is -0.124. The van der Waals surface area contributed by atoms with Crippen LogP contribution >= 0.6 is 0 Å². The van der Waals surface area contributed by atoms with Crippen LogP contribution in [0.3, 0.4) is 0 Å². The Balaban J connectivity index is 1.08. The fourth-order valence-corrected chi connectivity index (χ4v) is 5.70. The summed E-state index contributed by atoms with van der Waals surface area (Å²) >= 11 is 0. The van der Waals surface area contributed by atoms with Gasteiger partial charge in [0.2, 0.25) is 5.91 Å². The van der Waals surface area contributed by atoms with Gasteiger partial charge in [-0.25, -0.2) is 0 Å². The molecule has 0 radical (unpaired) electrons. The van der Waals surface area contributed by atoms with E-state index in [0.717, 1.165) is 69.3 Å². The summed E-state index contributed by atoms with van der Waals surface area (Å²) in [5.41, 5.74) is 3.51. The number of anilines is 1. The SMILES string of the molecule is CCCN1C(c2ccccc2)=CC(C(=O)NCCCN2CCN(c3cccc4c3OCCO4)CC2)C1C. The molecule has 2 aromatic rings. The van der Waals surface area contributed by atoms with Crippen molar-refractivity contribution in [1.82, 2.24) is 15.1 Å². The van der Waals surface area contributed by atoms with Crippen LogP contribution in [0.4, 0.5) is 5.69 Å². The predicted octanol–water partition coefficient (Wildman–Crippen LogP) is 3.86. The Bertz CT molecular complexity index is 1080. The highest BCUT2D eigenvalue weighted by atomic mass is 16.6. The molecule has 3 aliphatic heterocycles. The summed E-state index contributed by atoms with van der Waals surface area (Å²) in [6, 6.07) is 16.8. The molecule has 0 spiro atoms. The highest BCUT2D eigenvalue weighted by Crippen LogP contribution is 2.39. The number of ether oxygens (including phenoxy) is 2. The van der Waals surface area contributed by atoms with Crippen molar-refractivity contribution in [3.63, 3.8) is 0 Å². The van der Waals surface area contributed by atoms with Gasteiger partial charge in [0.15, 0.2) is 11.5 Å². The zero-order valence-electron chi connectivity index (χ0n) is 22.2. The summed E-state index contributed by atoms with van der Waals surface area (Å²) in [6.45, 7) is 12.2. The Hall–Kier alpha value is -3.19. The third-order valence-corrected chi connectivity index (χ3v) is 7.70. The molecule has 37 heavy (non-hydrogen) atoms. The maximum absolute atomic E-state index is 13.1. The number of para-hydroxylation sites is 1. The molecule has 3 aliphatic rings. The minimum Gasteiger partial charge on any atom is -0.486 e. The minimum atomic E-state index is -0.117. The van der Waals surface area contributed by atoms with Gasteiger partial charge in [-0.15, -0.1) is 0 Å². The molecule has 0 aromatic heterocycles. The third-order valence-electron chi connectivity index (χ3n) is 7.70. The first-order valence-corrected chi connectivity index (χ1v) is 13.8. The largest absolute Gasteiger partial charge is 0.486 e. The van der Waals surface area contributed by atoms with Gasteiger partial charge in [0.05, 0.1) is 11.6 Å². The van der Waals surface area contributed by atoms with Crippen LogP contribution in [0.25, 0.3) is 5.70 Å². The van der Waals surface area contributed by atoms with Crippen LogP contribution in [0.5, 0.6) is 11.5 Å². The first-order valence-electron chi connectivity index (χ1n) is 13.8. The average Bonchev–Trinajstić information content (AvgIpc) is 3.27. The lowest BCUT2D eigenvalue weighted by Crippen LogP contribution is -2.47. The van der Waals surface area contributed by atoms with E-state index in [9.17, 15) is 4.79 Å². The van der Waals surface area contributed by atoms with E-state index < -0.39 is 0 Å². The number of nitrogens with zero attached hydrogens (tertiary/aromatic N) is 3. The van der Waals surface area contributed by atoms with Crippen LogP contribution < -0.4 is 19.7 Å². The molecular weight excluding hydrogens is 464 g/mol. The van der Waals surface area contributed by atoms with Gasteiger partial charge in [-0.05, 0) is 50.1 Å². The molecule has 0 bridgehead atoms. The third kappa shape index (κ3) is 5.72. The monoisotopic (exact) mass is 504 g/mol. The number of nitrogens with one attached hydrogen (secondary N) is 1. The average molecular weight is 505 g/mol. The molecule has 5 rings (SSSR count). The molecule has 7 heteroatoms. The van der Waals surface area contributed by atoms with E-state index in [2.05, 4.69) is 70.3 Å². The molecule has 198 valence electrons. The van der Waals surface area contributed by atoms with Crippen molar-refractivity contribution in [3.8, 4) is 11.5 Å². The maximum Gasteiger partial charge on any atom is 0.229 e. The van der Waals surface area contributed by atoms with Crippen molar-refractivity contribution in [3.05, 3.63) is 60.2 Å². The molecule has 3 heterocycles. The van der Waals surface area contributed by atoms with E-state index in [1.54, 1.807) is 0 Å².